The van der Waals surface area contributed by atoms with Crippen LogP contribution in [0.2, 0.25) is 0 Å². The Labute approximate surface area is 70.7 Å². The highest BCUT2D eigenvalue weighted by Crippen LogP contribution is 2.32. The van der Waals surface area contributed by atoms with Gasteiger partial charge in [0, 0.05) is 0 Å². The molecule has 0 radical (unpaired) electrons. The summed E-state index contributed by atoms with van der Waals surface area (Å²) < 4.78 is 0. The Bertz CT molecular complexity index is 129. The van der Waals surface area contributed by atoms with Gasteiger partial charge in [-0.3, -0.25) is 0 Å². The molecule has 1 aliphatic carbocycles. The second kappa shape index (κ2) is 3.94. The zero-order chi connectivity index (χ0) is 8.27. The Morgan fingerprint density at radius 2 is 1.82 bits per heavy atom. The van der Waals surface area contributed by atoms with E-state index in [9.17, 15) is 0 Å². The first-order valence-corrected chi connectivity index (χ1v) is 4.87. The van der Waals surface area contributed by atoms with E-state index >= 15 is 0 Å². The Balaban J connectivity index is 2.38. The van der Waals surface area contributed by atoms with E-state index in [4.69, 9.17) is 0 Å². The summed E-state index contributed by atoms with van der Waals surface area (Å²) in [5, 5.41) is 0. The predicted molar refractivity (Wildman–Crippen MR) is 50.6 cm³/mol. The minimum absolute atomic E-state index is 0.760. The van der Waals surface area contributed by atoms with Crippen LogP contribution in [0.1, 0.15) is 46.0 Å². The molecule has 11 heavy (non-hydrogen) atoms. The molecule has 0 N–H and O–H groups in total. The first-order chi connectivity index (χ1) is 5.22. The first-order valence-electron chi connectivity index (χ1n) is 4.87. The molecule has 1 fully saturated rings. The lowest BCUT2D eigenvalue weighted by Gasteiger charge is -2.27. The molecule has 1 rings (SSSR count). The molecular formula is C11H20. The van der Waals surface area contributed by atoms with E-state index in [1.165, 1.54) is 37.7 Å². The van der Waals surface area contributed by atoms with E-state index in [0.29, 0.717) is 0 Å². The summed E-state index contributed by atoms with van der Waals surface area (Å²) in [4.78, 5) is 0. The minimum atomic E-state index is 0.760. The van der Waals surface area contributed by atoms with Crippen LogP contribution in [0, 0.1) is 11.8 Å². The minimum Gasteiger partial charge on any atom is -0.0999 e. The standard InChI is InChI=1S/C11H20/c1-9(2)10(3)11-7-5-4-6-8-11/h10-11H,1,4-8H2,2-3H3. The summed E-state index contributed by atoms with van der Waals surface area (Å²) in [7, 11) is 0. The van der Waals surface area contributed by atoms with Gasteiger partial charge in [-0.15, -0.1) is 0 Å². The van der Waals surface area contributed by atoms with Crippen LogP contribution in [0.4, 0.5) is 0 Å². The van der Waals surface area contributed by atoms with Gasteiger partial charge in [-0.05, 0) is 31.6 Å². The molecule has 0 amide bonds. The molecule has 0 aromatic heterocycles. The molecule has 0 heteroatoms. The van der Waals surface area contributed by atoms with Crippen molar-refractivity contribution in [3.8, 4) is 0 Å². The Hall–Kier alpha value is -0.260. The van der Waals surface area contributed by atoms with Gasteiger partial charge in [-0.2, -0.15) is 0 Å². The van der Waals surface area contributed by atoms with Crippen LogP contribution in [-0.4, -0.2) is 0 Å². The SMILES string of the molecule is C=C(C)C(C)C1CCCCC1. The van der Waals surface area contributed by atoms with Crippen molar-refractivity contribution in [2.45, 2.75) is 46.0 Å². The lowest BCUT2D eigenvalue weighted by atomic mass is 9.78. The van der Waals surface area contributed by atoms with Gasteiger partial charge < -0.3 is 0 Å². The molecule has 1 unspecified atom stereocenters. The van der Waals surface area contributed by atoms with Crippen LogP contribution < -0.4 is 0 Å². The first kappa shape index (κ1) is 8.83. The zero-order valence-corrected chi connectivity index (χ0v) is 7.90. The molecule has 0 nitrogen and oxygen atoms in total. The van der Waals surface area contributed by atoms with Crippen LogP contribution in [0.15, 0.2) is 12.2 Å². The second-order valence-corrected chi connectivity index (χ2v) is 4.03. The molecule has 64 valence electrons. The fourth-order valence-electron chi connectivity index (χ4n) is 2.04. The highest BCUT2D eigenvalue weighted by atomic mass is 14.2. The molecular weight excluding hydrogens is 132 g/mol. The van der Waals surface area contributed by atoms with Crippen LogP contribution in [0.5, 0.6) is 0 Å². The molecule has 1 atom stereocenters. The maximum absolute atomic E-state index is 4.03. The van der Waals surface area contributed by atoms with Crippen molar-refractivity contribution in [1.82, 2.24) is 0 Å². The quantitative estimate of drug-likeness (QED) is 0.528. The van der Waals surface area contributed by atoms with Gasteiger partial charge in [-0.25, -0.2) is 0 Å². The largest absolute Gasteiger partial charge is 0.0999 e. The van der Waals surface area contributed by atoms with Gasteiger partial charge >= 0.3 is 0 Å². The molecule has 0 heterocycles. The summed E-state index contributed by atoms with van der Waals surface area (Å²) >= 11 is 0. The van der Waals surface area contributed by atoms with Gasteiger partial charge in [0.2, 0.25) is 0 Å². The molecule has 0 aromatic rings. The number of hydrogen-bond donors (Lipinski definition) is 0. The molecule has 1 saturated carbocycles. The highest BCUT2D eigenvalue weighted by Gasteiger charge is 2.19. The van der Waals surface area contributed by atoms with E-state index in [-0.39, 0.29) is 0 Å². The third kappa shape index (κ3) is 2.36. The monoisotopic (exact) mass is 152 g/mol. The molecule has 0 bridgehead atoms. The van der Waals surface area contributed by atoms with Crippen LogP contribution >= 0.6 is 0 Å². The van der Waals surface area contributed by atoms with Crippen molar-refractivity contribution in [3.05, 3.63) is 12.2 Å². The smallest absolute Gasteiger partial charge is 0.0209 e. The van der Waals surface area contributed by atoms with Crippen molar-refractivity contribution >= 4 is 0 Å². The van der Waals surface area contributed by atoms with E-state index < -0.39 is 0 Å². The number of allylic oxidation sites excluding steroid dienone is 1. The summed E-state index contributed by atoms with van der Waals surface area (Å²) in [6.07, 6.45) is 7.23. The lowest BCUT2D eigenvalue weighted by molar-refractivity contribution is 0.291. The maximum Gasteiger partial charge on any atom is -0.0209 e. The predicted octanol–water partition coefficient (Wildman–Crippen LogP) is 3.78. The van der Waals surface area contributed by atoms with Gasteiger partial charge in [0.1, 0.15) is 0 Å². The lowest BCUT2D eigenvalue weighted by Crippen LogP contribution is -2.15. The average molecular weight is 152 g/mol. The van der Waals surface area contributed by atoms with Crippen LogP contribution in [0.25, 0.3) is 0 Å². The topological polar surface area (TPSA) is 0 Å². The van der Waals surface area contributed by atoms with E-state index in [0.717, 1.165) is 11.8 Å². The summed E-state index contributed by atoms with van der Waals surface area (Å²) in [5.74, 6) is 1.71. The summed E-state index contributed by atoms with van der Waals surface area (Å²) in [6, 6.07) is 0. The summed E-state index contributed by atoms with van der Waals surface area (Å²) in [6.45, 7) is 8.53. The van der Waals surface area contributed by atoms with Crippen molar-refractivity contribution in [1.29, 1.82) is 0 Å². The fraction of sp³-hybridized carbons (Fsp3) is 0.818. The van der Waals surface area contributed by atoms with Gasteiger partial charge in [-0.1, -0.05) is 38.3 Å². The normalized spacial score (nSPS) is 23.1. The number of rotatable bonds is 2. The third-order valence-electron chi connectivity index (χ3n) is 3.13. The van der Waals surface area contributed by atoms with Crippen LogP contribution in [0.3, 0.4) is 0 Å². The fourth-order valence-corrected chi connectivity index (χ4v) is 2.04. The molecule has 1 aliphatic rings. The van der Waals surface area contributed by atoms with Gasteiger partial charge in [0.15, 0.2) is 0 Å². The van der Waals surface area contributed by atoms with Crippen molar-refractivity contribution < 1.29 is 0 Å². The van der Waals surface area contributed by atoms with E-state index in [2.05, 4.69) is 20.4 Å². The Morgan fingerprint density at radius 3 is 2.27 bits per heavy atom. The van der Waals surface area contributed by atoms with E-state index in [1.807, 2.05) is 0 Å². The van der Waals surface area contributed by atoms with E-state index in [1.54, 1.807) is 0 Å². The third-order valence-corrected chi connectivity index (χ3v) is 3.13. The molecule has 0 spiro atoms. The summed E-state index contributed by atoms with van der Waals surface area (Å²) in [5.41, 5.74) is 1.37. The molecule has 0 saturated heterocycles. The van der Waals surface area contributed by atoms with Crippen molar-refractivity contribution in [3.63, 3.8) is 0 Å². The zero-order valence-electron chi connectivity index (χ0n) is 7.90. The maximum atomic E-state index is 4.03. The van der Waals surface area contributed by atoms with Crippen molar-refractivity contribution in [2.24, 2.45) is 11.8 Å². The van der Waals surface area contributed by atoms with Gasteiger partial charge in [0.25, 0.3) is 0 Å². The van der Waals surface area contributed by atoms with Gasteiger partial charge in [0.05, 0.1) is 0 Å². The molecule has 0 aliphatic heterocycles. The van der Waals surface area contributed by atoms with Crippen molar-refractivity contribution in [2.75, 3.05) is 0 Å². The number of hydrogen-bond acceptors (Lipinski definition) is 0. The van der Waals surface area contributed by atoms with Crippen LogP contribution in [-0.2, 0) is 0 Å². The average Bonchev–Trinajstić information content (AvgIpc) is 2.05. The Kier molecular flexibility index (Phi) is 3.16. The highest BCUT2D eigenvalue weighted by molar-refractivity contribution is 4.97. The second-order valence-electron chi connectivity index (χ2n) is 4.03. The Morgan fingerprint density at radius 1 is 1.27 bits per heavy atom. The molecule has 0 aromatic carbocycles.